The number of unbranched alkanes of at least 4 members (excludes halogenated alkanes) is 2. The highest BCUT2D eigenvalue weighted by Gasteiger charge is 2.32. The first-order valence-electron chi connectivity index (χ1n) is 13.7. The Kier molecular flexibility index (Phi) is 9.81. The van der Waals surface area contributed by atoms with E-state index in [9.17, 15) is 18.0 Å². The van der Waals surface area contributed by atoms with Gasteiger partial charge in [0.1, 0.15) is 10.7 Å². The molecule has 214 valence electrons. The smallest absolute Gasteiger partial charge is 0.389 e. The third-order valence-electron chi connectivity index (χ3n) is 7.19. The van der Waals surface area contributed by atoms with Crippen LogP contribution in [0, 0.1) is 0 Å². The van der Waals surface area contributed by atoms with E-state index in [4.69, 9.17) is 14.7 Å². The molecule has 1 fully saturated rings. The van der Waals surface area contributed by atoms with Crippen molar-refractivity contribution in [3.63, 3.8) is 0 Å². The van der Waals surface area contributed by atoms with Gasteiger partial charge in [0.25, 0.3) is 5.88 Å². The number of imidazole rings is 1. The summed E-state index contributed by atoms with van der Waals surface area (Å²) in [6.45, 7) is 5.00. The summed E-state index contributed by atoms with van der Waals surface area (Å²) in [6, 6.07) is -0.258. The Morgan fingerprint density at radius 1 is 1.26 bits per heavy atom. The second-order valence-electron chi connectivity index (χ2n) is 10.1. The summed E-state index contributed by atoms with van der Waals surface area (Å²) in [7, 11) is 1.71. The van der Waals surface area contributed by atoms with Crippen molar-refractivity contribution in [2.75, 3.05) is 20.2 Å². The summed E-state index contributed by atoms with van der Waals surface area (Å²) in [4.78, 5) is 28.5. The van der Waals surface area contributed by atoms with Gasteiger partial charge in [-0.1, -0.05) is 12.8 Å². The van der Waals surface area contributed by atoms with Crippen LogP contribution in [0.15, 0.2) is 18.6 Å². The minimum Gasteiger partial charge on any atom is -0.475 e. The number of hydrogen-bond donors (Lipinski definition) is 1. The lowest BCUT2D eigenvalue weighted by molar-refractivity contribution is -0.136. The molecule has 12 heteroatoms. The standard InChI is InChI=1S/C27H37F3N6O2S/c1-4-35(17-37)18(2)26-34-22(19-9-10-19)23(39-26)21-16-36-14-13-32-24(36)25(33-21)38-15-7-5-6-8-20(31-3)11-12-27(28,29)30/h13-14,16-20,31H,4-12,15H2,1-3H3. The van der Waals surface area contributed by atoms with E-state index >= 15 is 0 Å². The lowest BCUT2D eigenvalue weighted by atomic mass is 10.0. The average Bonchev–Trinajstić information content (AvgIpc) is 3.47. The van der Waals surface area contributed by atoms with Crippen LogP contribution in [0.4, 0.5) is 13.2 Å². The molecular weight excluding hydrogens is 529 g/mol. The van der Waals surface area contributed by atoms with Crippen molar-refractivity contribution in [3.8, 4) is 16.5 Å². The number of nitrogens with one attached hydrogen (secondary N) is 1. The number of nitrogens with zero attached hydrogens (tertiary/aromatic N) is 5. The fraction of sp³-hybridized carbons (Fsp3) is 0.630. The molecule has 3 aromatic heterocycles. The zero-order valence-corrected chi connectivity index (χ0v) is 23.5. The fourth-order valence-electron chi connectivity index (χ4n) is 4.64. The molecular formula is C27H37F3N6O2S. The number of aromatic nitrogens is 4. The van der Waals surface area contributed by atoms with Crippen LogP contribution >= 0.6 is 11.3 Å². The Balaban J connectivity index is 1.42. The van der Waals surface area contributed by atoms with Gasteiger partial charge in [-0.2, -0.15) is 13.2 Å². The number of fused-ring (bicyclic) bond motifs is 1. The van der Waals surface area contributed by atoms with Gasteiger partial charge in [0.05, 0.1) is 23.2 Å². The van der Waals surface area contributed by atoms with Gasteiger partial charge in [0.15, 0.2) is 0 Å². The van der Waals surface area contributed by atoms with Gasteiger partial charge in [0, 0.05) is 43.5 Å². The average molecular weight is 567 g/mol. The Bertz CT molecular complexity index is 1230. The van der Waals surface area contributed by atoms with E-state index in [1.54, 1.807) is 29.5 Å². The number of thiazole rings is 1. The van der Waals surface area contributed by atoms with Gasteiger partial charge < -0.3 is 19.4 Å². The minimum atomic E-state index is -4.12. The molecule has 0 spiro atoms. The van der Waals surface area contributed by atoms with Gasteiger partial charge >= 0.3 is 6.18 Å². The molecule has 0 aromatic carbocycles. The van der Waals surface area contributed by atoms with Crippen molar-refractivity contribution < 1.29 is 22.7 Å². The second kappa shape index (κ2) is 13.1. The van der Waals surface area contributed by atoms with Crippen LogP contribution in [-0.2, 0) is 4.79 Å². The first-order chi connectivity index (χ1) is 18.7. The highest BCUT2D eigenvalue weighted by atomic mass is 32.1. The van der Waals surface area contributed by atoms with Crippen LogP contribution in [-0.4, -0.2) is 63.1 Å². The van der Waals surface area contributed by atoms with E-state index in [2.05, 4.69) is 10.3 Å². The molecule has 1 N–H and O–H groups in total. The largest absolute Gasteiger partial charge is 0.475 e. The van der Waals surface area contributed by atoms with Crippen LogP contribution in [0.1, 0.15) is 87.9 Å². The molecule has 8 nitrogen and oxygen atoms in total. The fourth-order valence-corrected chi connectivity index (χ4v) is 5.82. The number of ether oxygens (including phenoxy) is 1. The highest BCUT2D eigenvalue weighted by molar-refractivity contribution is 7.15. The number of rotatable bonds is 16. The third-order valence-corrected chi connectivity index (χ3v) is 8.45. The van der Waals surface area contributed by atoms with E-state index < -0.39 is 12.6 Å². The zero-order valence-electron chi connectivity index (χ0n) is 22.7. The Labute approximate surface area is 231 Å². The zero-order chi connectivity index (χ0) is 28.0. The molecule has 0 bridgehead atoms. The maximum atomic E-state index is 12.5. The number of carbonyl (C=O) groups is 1. The maximum absolute atomic E-state index is 12.5. The van der Waals surface area contributed by atoms with Crippen LogP contribution in [0.5, 0.6) is 5.88 Å². The Hall–Kier alpha value is -2.73. The minimum absolute atomic E-state index is 0.0949. The molecule has 1 amide bonds. The number of halogens is 3. The van der Waals surface area contributed by atoms with Crippen molar-refractivity contribution in [1.29, 1.82) is 0 Å². The molecule has 2 unspecified atom stereocenters. The molecule has 0 aliphatic heterocycles. The van der Waals surface area contributed by atoms with E-state index in [-0.39, 0.29) is 18.5 Å². The van der Waals surface area contributed by atoms with Gasteiger partial charge in [-0.3, -0.25) is 4.79 Å². The molecule has 0 radical (unpaired) electrons. The summed E-state index contributed by atoms with van der Waals surface area (Å²) in [5.74, 6) is 0.856. The summed E-state index contributed by atoms with van der Waals surface area (Å²) in [5.41, 5.74) is 2.43. The van der Waals surface area contributed by atoms with Gasteiger partial charge in [-0.25, -0.2) is 15.0 Å². The Morgan fingerprint density at radius 3 is 2.72 bits per heavy atom. The first-order valence-corrected chi connectivity index (χ1v) is 14.5. The van der Waals surface area contributed by atoms with E-state index in [1.807, 2.05) is 30.6 Å². The molecule has 1 aliphatic rings. The number of amides is 1. The topological polar surface area (TPSA) is 84.7 Å². The van der Waals surface area contributed by atoms with E-state index in [0.29, 0.717) is 37.0 Å². The summed E-state index contributed by atoms with van der Waals surface area (Å²) < 4.78 is 45.5. The summed E-state index contributed by atoms with van der Waals surface area (Å²) >= 11 is 1.57. The molecule has 3 heterocycles. The molecule has 1 saturated carbocycles. The van der Waals surface area contributed by atoms with Gasteiger partial charge in [-0.05, 0) is 53.0 Å². The van der Waals surface area contributed by atoms with Crippen molar-refractivity contribution >= 4 is 23.4 Å². The molecule has 39 heavy (non-hydrogen) atoms. The lowest BCUT2D eigenvalue weighted by Gasteiger charge is -2.21. The molecule has 4 rings (SSSR count). The second-order valence-corrected chi connectivity index (χ2v) is 11.1. The van der Waals surface area contributed by atoms with E-state index in [0.717, 1.165) is 59.8 Å². The van der Waals surface area contributed by atoms with Gasteiger partial charge in [0.2, 0.25) is 12.1 Å². The quantitative estimate of drug-likeness (QED) is 0.166. The monoisotopic (exact) mass is 566 g/mol. The van der Waals surface area contributed by atoms with Crippen LogP contribution in [0.25, 0.3) is 16.2 Å². The normalized spacial score (nSPS) is 15.4. The summed E-state index contributed by atoms with van der Waals surface area (Å²) in [6.07, 6.45) is 6.91. The molecule has 1 aliphatic carbocycles. The highest BCUT2D eigenvalue weighted by Crippen LogP contribution is 2.47. The van der Waals surface area contributed by atoms with Crippen molar-refractivity contribution in [3.05, 3.63) is 29.3 Å². The predicted molar refractivity (Wildman–Crippen MR) is 145 cm³/mol. The van der Waals surface area contributed by atoms with Crippen molar-refractivity contribution in [2.24, 2.45) is 0 Å². The Morgan fingerprint density at radius 2 is 2.05 bits per heavy atom. The SMILES string of the molecule is CCN(C=O)C(C)c1nc(C2CC2)c(-c2cn3ccnc3c(OCCCCCC(CCC(F)(F)F)NC)n2)s1. The van der Waals surface area contributed by atoms with Crippen molar-refractivity contribution in [1.82, 2.24) is 29.6 Å². The van der Waals surface area contributed by atoms with Crippen molar-refractivity contribution in [2.45, 2.75) is 89.4 Å². The number of alkyl halides is 3. The number of carbonyl (C=O) groups excluding carboxylic acids is 1. The number of hydrogen-bond acceptors (Lipinski definition) is 7. The molecule has 2 atom stereocenters. The van der Waals surface area contributed by atoms with Gasteiger partial charge in [-0.15, -0.1) is 11.3 Å². The lowest BCUT2D eigenvalue weighted by Crippen LogP contribution is -2.27. The van der Waals surface area contributed by atoms with Crippen LogP contribution in [0.3, 0.4) is 0 Å². The molecule has 3 aromatic rings. The first kappa shape index (κ1) is 29.3. The molecule has 0 saturated heterocycles. The van der Waals surface area contributed by atoms with Crippen LogP contribution in [0.2, 0.25) is 0 Å². The maximum Gasteiger partial charge on any atom is 0.389 e. The van der Waals surface area contributed by atoms with E-state index in [1.165, 1.54) is 0 Å². The van der Waals surface area contributed by atoms with Crippen LogP contribution < -0.4 is 10.1 Å². The summed E-state index contributed by atoms with van der Waals surface area (Å²) in [5, 5.41) is 3.89. The third kappa shape index (κ3) is 7.69. The predicted octanol–water partition coefficient (Wildman–Crippen LogP) is 6.14.